The van der Waals surface area contributed by atoms with Crippen LogP contribution in [0.1, 0.15) is 16.8 Å². The number of benzene rings is 1. The Bertz CT molecular complexity index is 866. The van der Waals surface area contributed by atoms with Crippen molar-refractivity contribution in [1.29, 1.82) is 0 Å². The van der Waals surface area contributed by atoms with Gasteiger partial charge in [0.2, 0.25) is 5.91 Å². The van der Waals surface area contributed by atoms with E-state index in [1.165, 1.54) is 6.08 Å². The van der Waals surface area contributed by atoms with Crippen molar-refractivity contribution in [2.45, 2.75) is 13.5 Å². The van der Waals surface area contributed by atoms with E-state index in [2.05, 4.69) is 10.3 Å². The zero-order valence-electron chi connectivity index (χ0n) is 12.7. The second-order valence-corrected chi connectivity index (χ2v) is 5.74. The maximum atomic E-state index is 11.9. The van der Waals surface area contributed by atoms with Crippen molar-refractivity contribution in [3.8, 4) is 0 Å². The number of pyridine rings is 1. The predicted octanol–water partition coefficient (Wildman–Crippen LogP) is 3.63. The van der Waals surface area contributed by atoms with Crippen LogP contribution in [-0.2, 0) is 11.3 Å². The fourth-order valence-corrected chi connectivity index (χ4v) is 2.33. The van der Waals surface area contributed by atoms with Crippen molar-refractivity contribution in [3.63, 3.8) is 0 Å². The van der Waals surface area contributed by atoms with E-state index in [0.717, 1.165) is 22.5 Å². The van der Waals surface area contributed by atoms with Crippen molar-refractivity contribution in [3.05, 3.63) is 76.7 Å². The summed E-state index contributed by atoms with van der Waals surface area (Å²) < 4.78 is 1.94. The lowest BCUT2D eigenvalue weighted by Crippen LogP contribution is -2.20. The van der Waals surface area contributed by atoms with E-state index in [0.29, 0.717) is 11.6 Å². The number of aromatic nitrogens is 2. The number of nitrogens with zero attached hydrogens (tertiary/aromatic N) is 2. The Morgan fingerprint density at radius 1 is 1.30 bits per heavy atom. The lowest BCUT2D eigenvalue weighted by molar-refractivity contribution is -0.116. The first-order chi connectivity index (χ1) is 11.1. The van der Waals surface area contributed by atoms with E-state index in [4.69, 9.17) is 11.6 Å². The summed E-state index contributed by atoms with van der Waals surface area (Å²) >= 11 is 5.82. The molecule has 0 aliphatic carbocycles. The van der Waals surface area contributed by atoms with Crippen LogP contribution < -0.4 is 5.32 Å². The molecule has 0 aliphatic heterocycles. The molecule has 1 amide bonds. The Kier molecular flexibility index (Phi) is 4.44. The van der Waals surface area contributed by atoms with Gasteiger partial charge in [0.1, 0.15) is 5.65 Å². The van der Waals surface area contributed by atoms with Crippen molar-refractivity contribution < 1.29 is 4.79 Å². The fraction of sp³-hybridized carbons (Fsp3) is 0.111. The molecule has 23 heavy (non-hydrogen) atoms. The largest absolute Gasteiger partial charge is 0.347 e. The summed E-state index contributed by atoms with van der Waals surface area (Å²) in [5.41, 5.74) is 3.78. The molecule has 3 rings (SSSR count). The van der Waals surface area contributed by atoms with Crippen LogP contribution in [0.3, 0.4) is 0 Å². The monoisotopic (exact) mass is 325 g/mol. The number of carbonyl (C=O) groups excluding carboxylic acids is 1. The van der Waals surface area contributed by atoms with E-state index in [-0.39, 0.29) is 5.91 Å². The van der Waals surface area contributed by atoms with Gasteiger partial charge in [0.15, 0.2) is 0 Å². The summed E-state index contributed by atoms with van der Waals surface area (Å²) in [7, 11) is 0. The molecule has 0 saturated carbocycles. The van der Waals surface area contributed by atoms with Crippen LogP contribution >= 0.6 is 11.6 Å². The summed E-state index contributed by atoms with van der Waals surface area (Å²) in [5.74, 6) is -0.159. The van der Waals surface area contributed by atoms with Gasteiger partial charge in [-0.15, -0.1) is 0 Å². The summed E-state index contributed by atoms with van der Waals surface area (Å²) in [6.45, 7) is 2.42. The molecule has 0 radical (unpaired) electrons. The number of fused-ring (bicyclic) bond motifs is 1. The number of aryl methyl sites for hydroxylation is 1. The molecule has 0 bridgehead atoms. The van der Waals surface area contributed by atoms with Crippen LogP contribution in [0.2, 0.25) is 5.02 Å². The summed E-state index contributed by atoms with van der Waals surface area (Å²) in [5, 5.41) is 3.50. The maximum absolute atomic E-state index is 11.9. The molecule has 0 spiro atoms. The summed E-state index contributed by atoms with van der Waals surface area (Å²) in [6.07, 6.45) is 7.13. The molecule has 116 valence electrons. The third-order valence-corrected chi connectivity index (χ3v) is 3.66. The number of rotatable bonds is 4. The summed E-state index contributed by atoms with van der Waals surface area (Å²) in [4.78, 5) is 16.4. The van der Waals surface area contributed by atoms with Crippen molar-refractivity contribution >= 4 is 29.2 Å². The van der Waals surface area contributed by atoms with Crippen LogP contribution in [0.4, 0.5) is 0 Å². The van der Waals surface area contributed by atoms with E-state index in [9.17, 15) is 4.79 Å². The molecule has 1 aromatic carbocycles. The minimum atomic E-state index is -0.159. The third-order valence-electron chi connectivity index (χ3n) is 3.41. The topological polar surface area (TPSA) is 46.4 Å². The van der Waals surface area contributed by atoms with Crippen molar-refractivity contribution in [2.24, 2.45) is 0 Å². The highest BCUT2D eigenvalue weighted by Crippen LogP contribution is 2.10. The van der Waals surface area contributed by atoms with Gasteiger partial charge in [-0.2, -0.15) is 0 Å². The molecule has 0 atom stereocenters. The first-order valence-electron chi connectivity index (χ1n) is 7.26. The number of hydrogen-bond donors (Lipinski definition) is 1. The van der Waals surface area contributed by atoms with Crippen LogP contribution in [0.25, 0.3) is 11.7 Å². The first-order valence-corrected chi connectivity index (χ1v) is 7.64. The lowest BCUT2D eigenvalue weighted by atomic mass is 10.2. The van der Waals surface area contributed by atoms with Gasteiger partial charge < -0.3 is 9.72 Å². The first kappa shape index (κ1) is 15.3. The fourth-order valence-electron chi connectivity index (χ4n) is 2.20. The van der Waals surface area contributed by atoms with Gasteiger partial charge in [-0.25, -0.2) is 4.98 Å². The highest BCUT2D eigenvalue weighted by molar-refractivity contribution is 6.30. The molecule has 2 heterocycles. The predicted molar refractivity (Wildman–Crippen MR) is 92.3 cm³/mol. The molecule has 0 saturated heterocycles. The minimum absolute atomic E-state index is 0.159. The molecule has 1 N–H and O–H groups in total. The molecule has 0 aliphatic rings. The highest BCUT2D eigenvalue weighted by atomic mass is 35.5. The molecule has 4 nitrogen and oxygen atoms in total. The molecule has 0 unspecified atom stereocenters. The number of nitrogens with one attached hydrogen (secondary N) is 1. The van der Waals surface area contributed by atoms with Gasteiger partial charge in [-0.3, -0.25) is 4.79 Å². The summed E-state index contributed by atoms with van der Waals surface area (Å²) in [6, 6.07) is 11.3. The number of amides is 1. The van der Waals surface area contributed by atoms with Crippen LogP contribution in [-0.4, -0.2) is 15.3 Å². The van der Waals surface area contributed by atoms with E-state index in [1.807, 2.05) is 48.0 Å². The average Bonchev–Trinajstić information content (AvgIpc) is 2.94. The van der Waals surface area contributed by atoms with Gasteiger partial charge >= 0.3 is 0 Å². The van der Waals surface area contributed by atoms with Gasteiger partial charge in [-0.05, 0) is 48.4 Å². The standard InChI is InChI=1S/C18H16ClN3O/c1-13-8-9-22-12-16(21-17(22)10-13)11-20-18(23)7-4-14-2-5-15(19)6-3-14/h2-10,12H,11H2,1H3,(H,20,23)/b7-4+. The third kappa shape index (κ3) is 3.99. The van der Waals surface area contributed by atoms with Crippen molar-refractivity contribution in [2.75, 3.05) is 0 Å². The SMILES string of the molecule is Cc1ccn2cc(CNC(=O)/C=C/c3ccc(Cl)cc3)nc2c1. The average molecular weight is 326 g/mol. The Labute approximate surface area is 139 Å². The minimum Gasteiger partial charge on any atom is -0.347 e. The van der Waals surface area contributed by atoms with Gasteiger partial charge in [0.25, 0.3) is 0 Å². The highest BCUT2D eigenvalue weighted by Gasteiger charge is 2.03. The van der Waals surface area contributed by atoms with Gasteiger partial charge in [0, 0.05) is 23.5 Å². The molecular weight excluding hydrogens is 310 g/mol. The maximum Gasteiger partial charge on any atom is 0.244 e. The number of hydrogen-bond acceptors (Lipinski definition) is 2. The molecule has 3 aromatic rings. The molecule has 5 heteroatoms. The Morgan fingerprint density at radius 3 is 2.87 bits per heavy atom. The van der Waals surface area contributed by atoms with Crippen LogP contribution in [0.15, 0.2) is 54.9 Å². The Morgan fingerprint density at radius 2 is 2.09 bits per heavy atom. The second kappa shape index (κ2) is 6.67. The van der Waals surface area contributed by atoms with Gasteiger partial charge in [-0.1, -0.05) is 23.7 Å². The van der Waals surface area contributed by atoms with Crippen LogP contribution in [0.5, 0.6) is 0 Å². The smallest absolute Gasteiger partial charge is 0.244 e. The zero-order valence-corrected chi connectivity index (χ0v) is 13.4. The van der Waals surface area contributed by atoms with E-state index < -0.39 is 0 Å². The quantitative estimate of drug-likeness (QED) is 0.745. The van der Waals surface area contributed by atoms with E-state index in [1.54, 1.807) is 18.2 Å². The molecular formula is C18H16ClN3O. The second-order valence-electron chi connectivity index (χ2n) is 5.30. The van der Waals surface area contributed by atoms with Crippen molar-refractivity contribution in [1.82, 2.24) is 14.7 Å². The number of imidazole rings is 1. The van der Waals surface area contributed by atoms with Gasteiger partial charge in [0.05, 0.1) is 12.2 Å². The number of carbonyl (C=O) groups is 1. The van der Waals surface area contributed by atoms with Crippen LogP contribution in [0, 0.1) is 6.92 Å². The zero-order chi connectivity index (χ0) is 16.2. The number of halogens is 1. The lowest BCUT2D eigenvalue weighted by Gasteiger charge is -1.98. The molecule has 0 fully saturated rings. The normalized spacial score (nSPS) is 11.2. The molecule has 2 aromatic heterocycles. The Balaban J connectivity index is 1.60. The van der Waals surface area contributed by atoms with E-state index >= 15 is 0 Å². The Hall–Kier alpha value is -2.59.